The van der Waals surface area contributed by atoms with Crippen LogP contribution in [0.2, 0.25) is 0 Å². The van der Waals surface area contributed by atoms with Crippen LogP contribution in [-0.4, -0.2) is 19.7 Å². The average molecular weight is 257 g/mol. The van der Waals surface area contributed by atoms with Gasteiger partial charge in [0.05, 0.1) is 13.7 Å². The normalized spacial score (nSPS) is 24.4. The zero-order chi connectivity index (χ0) is 10.2. The number of carbonyl (C=O) groups excluding carboxylic acids is 1. The second-order valence-corrected chi connectivity index (χ2v) is 4.03. The maximum Gasteiger partial charge on any atom is 0.345 e. The minimum absolute atomic E-state index is 0.333. The molecule has 1 aliphatic heterocycles. The summed E-state index contributed by atoms with van der Waals surface area (Å²) in [5.41, 5.74) is 0.00248. The summed E-state index contributed by atoms with van der Waals surface area (Å²) >= 11 is 3.33. The molecule has 3 nitrogen and oxygen atoms in total. The van der Waals surface area contributed by atoms with Gasteiger partial charge in [0.25, 0.3) is 0 Å². The SMILES string of the molecule is COC(=O)[C@@]1(c2ccc(Br)cc2)CO1. The Balaban J connectivity index is 2.31. The van der Waals surface area contributed by atoms with Crippen LogP contribution in [0, 0.1) is 0 Å². The van der Waals surface area contributed by atoms with Crippen LogP contribution in [0.15, 0.2) is 28.7 Å². The molecule has 1 heterocycles. The van der Waals surface area contributed by atoms with Gasteiger partial charge in [0.1, 0.15) is 0 Å². The second-order valence-electron chi connectivity index (χ2n) is 3.11. The van der Waals surface area contributed by atoms with E-state index in [0.29, 0.717) is 6.61 Å². The first-order valence-corrected chi connectivity index (χ1v) is 4.97. The van der Waals surface area contributed by atoms with Crippen molar-refractivity contribution >= 4 is 21.9 Å². The van der Waals surface area contributed by atoms with Crippen molar-refractivity contribution in [2.45, 2.75) is 5.60 Å². The molecule has 0 aliphatic carbocycles. The minimum atomic E-state index is -0.838. The largest absolute Gasteiger partial charge is 0.467 e. The number of epoxide rings is 1. The number of esters is 1. The van der Waals surface area contributed by atoms with E-state index in [9.17, 15) is 4.79 Å². The Labute approximate surface area is 90.1 Å². The van der Waals surface area contributed by atoms with Crippen LogP contribution in [0.25, 0.3) is 0 Å². The molecule has 0 N–H and O–H groups in total. The molecule has 1 fully saturated rings. The first-order valence-electron chi connectivity index (χ1n) is 4.17. The van der Waals surface area contributed by atoms with E-state index in [-0.39, 0.29) is 5.97 Å². The number of methoxy groups -OCH3 is 1. The molecule has 4 heteroatoms. The van der Waals surface area contributed by atoms with Gasteiger partial charge in [0.15, 0.2) is 0 Å². The van der Waals surface area contributed by atoms with E-state index in [1.807, 2.05) is 24.3 Å². The van der Waals surface area contributed by atoms with Gasteiger partial charge >= 0.3 is 5.97 Å². The molecule has 1 aromatic carbocycles. The fourth-order valence-electron chi connectivity index (χ4n) is 1.36. The quantitative estimate of drug-likeness (QED) is 0.599. The minimum Gasteiger partial charge on any atom is -0.467 e. The Morgan fingerprint density at radius 1 is 1.50 bits per heavy atom. The van der Waals surface area contributed by atoms with Crippen LogP contribution in [0.5, 0.6) is 0 Å². The number of carbonyl (C=O) groups is 1. The molecular formula is C10H9BrO3. The van der Waals surface area contributed by atoms with E-state index in [0.717, 1.165) is 10.0 Å². The van der Waals surface area contributed by atoms with Gasteiger partial charge in [-0.1, -0.05) is 28.1 Å². The Morgan fingerprint density at radius 3 is 2.50 bits per heavy atom. The van der Waals surface area contributed by atoms with Crippen LogP contribution >= 0.6 is 15.9 Å². The highest BCUT2D eigenvalue weighted by Crippen LogP contribution is 2.40. The maximum atomic E-state index is 11.4. The molecule has 1 aliphatic rings. The van der Waals surface area contributed by atoms with E-state index in [1.54, 1.807) is 0 Å². The monoisotopic (exact) mass is 256 g/mol. The van der Waals surface area contributed by atoms with Crippen LogP contribution in [0.4, 0.5) is 0 Å². The summed E-state index contributed by atoms with van der Waals surface area (Å²) in [6, 6.07) is 7.46. The third-order valence-corrected chi connectivity index (χ3v) is 2.79. The van der Waals surface area contributed by atoms with E-state index >= 15 is 0 Å². The van der Waals surface area contributed by atoms with Gasteiger partial charge in [-0.05, 0) is 17.7 Å². The Hall–Kier alpha value is -0.870. The Kier molecular flexibility index (Phi) is 2.33. The molecule has 0 amide bonds. The maximum absolute atomic E-state index is 11.4. The Morgan fingerprint density at radius 2 is 2.07 bits per heavy atom. The van der Waals surface area contributed by atoms with Crippen molar-refractivity contribution in [1.82, 2.24) is 0 Å². The molecule has 1 aromatic rings. The summed E-state index contributed by atoms with van der Waals surface area (Å²) in [6.07, 6.45) is 0. The van der Waals surface area contributed by atoms with Crippen molar-refractivity contribution in [3.05, 3.63) is 34.3 Å². The number of hydrogen-bond donors (Lipinski definition) is 0. The highest BCUT2D eigenvalue weighted by molar-refractivity contribution is 9.10. The third-order valence-electron chi connectivity index (χ3n) is 2.26. The summed E-state index contributed by atoms with van der Waals surface area (Å²) in [6.45, 7) is 0.404. The van der Waals surface area contributed by atoms with Gasteiger partial charge in [-0.15, -0.1) is 0 Å². The molecule has 0 spiro atoms. The zero-order valence-corrected chi connectivity index (χ0v) is 9.21. The molecule has 2 rings (SSSR count). The lowest BCUT2D eigenvalue weighted by Gasteiger charge is -2.09. The highest BCUT2D eigenvalue weighted by Gasteiger charge is 2.55. The van der Waals surface area contributed by atoms with Gasteiger partial charge in [0, 0.05) is 4.47 Å². The molecular weight excluding hydrogens is 248 g/mol. The lowest BCUT2D eigenvalue weighted by molar-refractivity contribution is -0.147. The number of hydrogen-bond acceptors (Lipinski definition) is 3. The summed E-state index contributed by atoms with van der Waals surface area (Å²) in [5.74, 6) is -0.333. The molecule has 1 atom stereocenters. The van der Waals surface area contributed by atoms with Crippen molar-refractivity contribution in [3.63, 3.8) is 0 Å². The van der Waals surface area contributed by atoms with Crippen LogP contribution in [-0.2, 0) is 19.9 Å². The van der Waals surface area contributed by atoms with Crippen molar-refractivity contribution < 1.29 is 14.3 Å². The lowest BCUT2D eigenvalue weighted by Crippen LogP contribution is -2.23. The van der Waals surface area contributed by atoms with Gasteiger partial charge < -0.3 is 9.47 Å². The van der Waals surface area contributed by atoms with Crippen LogP contribution in [0.1, 0.15) is 5.56 Å². The van der Waals surface area contributed by atoms with Crippen LogP contribution in [0.3, 0.4) is 0 Å². The van der Waals surface area contributed by atoms with Gasteiger partial charge in [-0.2, -0.15) is 0 Å². The first-order chi connectivity index (χ1) is 6.69. The highest BCUT2D eigenvalue weighted by atomic mass is 79.9. The molecule has 0 unspecified atom stereocenters. The fourth-order valence-corrected chi connectivity index (χ4v) is 1.62. The van der Waals surface area contributed by atoms with Crippen LogP contribution < -0.4 is 0 Å². The zero-order valence-electron chi connectivity index (χ0n) is 7.62. The summed E-state index contributed by atoms with van der Waals surface area (Å²) in [7, 11) is 1.37. The van der Waals surface area contributed by atoms with E-state index < -0.39 is 5.60 Å². The summed E-state index contributed by atoms with van der Waals surface area (Å²) in [4.78, 5) is 11.4. The number of benzene rings is 1. The van der Waals surface area contributed by atoms with E-state index in [1.165, 1.54) is 7.11 Å². The van der Waals surface area contributed by atoms with Crippen molar-refractivity contribution in [2.24, 2.45) is 0 Å². The first kappa shape index (κ1) is 9.68. The third kappa shape index (κ3) is 1.44. The predicted molar refractivity (Wildman–Crippen MR) is 53.8 cm³/mol. The summed E-state index contributed by atoms with van der Waals surface area (Å²) < 4.78 is 10.8. The average Bonchev–Trinajstić information content (AvgIpc) is 2.99. The molecule has 74 valence electrons. The number of rotatable bonds is 2. The van der Waals surface area contributed by atoms with E-state index in [4.69, 9.17) is 4.74 Å². The molecule has 0 bridgehead atoms. The van der Waals surface area contributed by atoms with Crippen molar-refractivity contribution in [2.75, 3.05) is 13.7 Å². The molecule has 14 heavy (non-hydrogen) atoms. The van der Waals surface area contributed by atoms with Gasteiger partial charge in [-0.25, -0.2) is 4.79 Å². The smallest absolute Gasteiger partial charge is 0.345 e. The van der Waals surface area contributed by atoms with Crippen molar-refractivity contribution in [1.29, 1.82) is 0 Å². The van der Waals surface area contributed by atoms with Gasteiger partial charge in [-0.3, -0.25) is 0 Å². The van der Waals surface area contributed by atoms with Crippen molar-refractivity contribution in [3.8, 4) is 0 Å². The Bertz CT molecular complexity index is 354. The second kappa shape index (κ2) is 3.37. The standard InChI is InChI=1S/C10H9BrO3/c1-13-9(12)10(6-14-10)7-2-4-8(11)5-3-7/h2-5H,6H2,1H3/t10-/m0/s1. The molecule has 1 saturated heterocycles. The van der Waals surface area contributed by atoms with E-state index in [2.05, 4.69) is 20.7 Å². The summed E-state index contributed by atoms with van der Waals surface area (Å²) in [5, 5.41) is 0. The molecule has 0 radical (unpaired) electrons. The van der Waals surface area contributed by atoms with Gasteiger partial charge in [0.2, 0.25) is 5.60 Å². The lowest BCUT2D eigenvalue weighted by atomic mass is 10.0. The topological polar surface area (TPSA) is 38.8 Å². The fraction of sp³-hybridized carbons (Fsp3) is 0.300. The number of halogens is 1. The number of ether oxygens (including phenoxy) is 2. The molecule has 0 saturated carbocycles. The predicted octanol–water partition coefficient (Wildman–Crippen LogP) is 1.85. The molecule has 0 aromatic heterocycles.